The van der Waals surface area contributed by atoms with E-state index in [9.17, 15) is 4.79 Å². The summed E-state index contributed by atoms with van der Waals surface area (Å²) in [5, 5.41) is 14.4. The zero-order chi connectivity index (χ0) is 24.4. The van der Waals surface area contributed by atoms with Gasteiger partial charge in [0.1, 0.15) is 11.8 Å². The fourth-order valence-electron chi connectivity index (χ4n) is 3.89. The van der Waals surface area contributed by atoms with E-state index in [1.165, 1.54) is 11.8 Å². The van der Waals surface area contributed by atoms with Crippen LogP contribution in [-0.4, -0.2) is 27.8 Å². The van der Waals surface area contributed by atoms with Crippen molar-refractivity contribution in [1.82, 2.24) is 14.8 Å². The largest absolute Gasteiger partial charge is 0.495 e. The molecule has 0 saturated carbocycles. The molecule has 0 spiro atoms. The van der Waals surface area contributed by atoms with E-state index in [1.807, 2.05) is 73.0 Å². The van der Waals surface area contributed by atoms with Crippen LogP contribution in [0, 0.1) is 0 Å². The zero-order valence-corrected chi connectivity index (χ0v) is 21.4. The molecule has 0 aliphatic carbocycles. The van der Waals surface area contributed by atoms with Gasteiger partial charge in [-0.05, 0) is 42.1 Å². The molecule has 5 rings (SSSR count). The Kier molecular flexibility index (Phi) is 6.81. The first-order valence-corrected chi connectivity index (χ1v) is 13.1. The summed E-state index contributed by atoms with van der Waals surface area (Å²) in [4.78, 5) is 19.3. The number of carbonyl (C=O) groups excluding carboxylic acids is 1. The van der Waals surface area contributed by atoms with E-state index in [0.29, 0.717) is 38.9 Å². The number of hydrogen-bond donors (Lipinski definition) is 2. The van der Waals surface area contributed by atoms with Gasteiger partial charge >= 0.3 is 0 Å². The number of benzene rings is 2. The number of hydrogen-bond acceptors (Lipinski definition) is 7. The number of thioether (sulfide) groups is 1. The number of methoxy groups -OCH3 is 1. The van der Waals surface area contributed by atoms with Crippen molar-refractivity contribution >= 4 is 52.2 Å². The van der Waals surface area contributed by atoms with Gasteiger partial charge in [0.2, 0.25) is 11.1 Å². The molecule has 10 heteroatoms. The molecule has 0 bridgehead atoms. The van der Waals surface area contributed by atoms with E-state index >= 15 is 0 Å². The molecule has 1 amide bonds. The molecule has 1 aliphatic rings. The number of aromatic nitrogens is 3. The predicted octanol–water partition coefficient (Wildman–Crippen LogP) is 6.22. The third kappa shape index (κ3) is 4.80. The first-order chi connectivity index (χ1) is 17.0. The third-order valence-corrected chi connectivity index (χ3v) is 7.74. The summed E-state index contributed by atoms with van der Waals surface area (Å²) in [5.41, 5.74) is 2.91. The number of allylic oxidation sites excluding steroid dienone is 1. The van der Waals surface area contributed by atoms with E-state index in [-0.39, 0.29) is 5.91 Å². The Hall–Kier alpha value is -3.27. The second-order valence-corrected chi connectivity index (χ2v) is 10.1. The summed E-state index contributed by atoms with van der Waals surface area (Å²) in [7, 11) is 1.58. The van der Waals surface area contributed by atoms with Crippen LogP contribution in [0.15, 0.2) is 82.5 Å². The number of ether oxygens (including phenoxy) is 1. The van der Waals surface area contributed by atoms with Crippen LogP contribution in [0.3, 0.4) is 0 Å². The van der Waals surface area contributed by atoms with Crippen molar-refractivity contribution in [3.05, 3.63) is 92.8 Å². The lowest BCUT2D eigenvalue weighted by Crippen LogP contribution is -2.31. The predicted molar refractivity (Wildman–Crippen MR) is 141 cm³/mol. The molecule has 7 nitrogen and oxygen atoms in total. The number of rotatable bonds is 7. The van der Waals surface area contributed by atoms with Crippen molar-refractivity contribution in [2.24, 2.45) is 0 Å². The molecule has 2 aromatic heterocycles. The van der Waals surface area contributed by atoms with Crippen LogP contribution in [0.25, 0.3) is 0 Å². The average molecular weight is 524 g/mol. The topological polar surface area (TPSA) is 81.1 Å². The fourth-order valence-corrected chi connectivity index (χ4v) is 5.82. The van der Waals surface area contributed by atoms with E-state index in [1.54, 1.807) is 23.1 Å². The number of amides is 1. The quantitative estimate of drug-likeness (QED) is 0.280. The number of thiophene rings is 1. The maximum Gasteiger partial charge on any atom is 0.256 e. The molecule has 35 heavy (non-hydrogen) atoms. The van der Waals surface area contributed by atoms with E-state index in [0.717, 1.165) is 16.1 Å². The smallest absolute Gasteiger partial charge is 0.256 e. The number of anilines is 2. The molecule has 1 atom stereocenters. The van der Waals surface area contributed by atoms with Crippen LogP contribution in [0.1, 0.15) is 23.4 Å². The summed E-state index contributed by atoms with van der Waals surface area (Å²) >= 11 is 9.38. The van der Waals surface area contributed by atoms with Gasteiger partial charge in [0.25, 0.3) is 5.91 Å². The Balaban J connectivity index is 1.46. The minimum absolute atomic E-state index is 0.232. The molecule has 2 N–H and O–H groups in total. The lowest BCUT2D eigenvalue weighted by molar-refractivity contribution is -0.113. The standard InChI is InChI=1S/C25H22ClN5O2S2/c1-15-21(23(32)28-18-10-5-6-11-19(18)33-2)22(20-12-7-13-34-20)31-24(27-15)29-25(30-31)35-14-16-8-3-4-9-17(16)26/h3-13,22H,14H2,1-2H3,(H,28,32)(H,27,29,30)/t22-/m0/s1. The normalized spacial score (nSPS) is 14.9. The lowest BCUT2D eigenvalue weighted by Gasteiger charge is -2.27. The number of carbonyl (C=O) groups is 1. The van der Waals surface area contributed by atoms with Gasteiger partial charge in [-0.1, -0.05) is 59.8 Å². The van der Waals surface area contributed by atoms with Crippen molar-refractivity contribution in [1.29, 1.82) is 0 Å². The SMILES string of the molecule is COc1ccccc1NC(=O)C1=C(C)Nc2nc(SCc3ccccc3Cl)nn2[C@H]1c1cccs1. The van der Waals surface area contributed by atoms with Crippen LogP contribution in [0.2, 0.25) is 5.02 Å². The van der Waals surface area contributed by atoms with Crippen molar-refractivity contribution in [2.45, 2.75) is 23.9 Å². The summed E-state index contributed by atoms with van der Waals surface area (Å²) < 4.78 is 7.19. The van der Waals surface area contributed by atoms with E-state index in [2.05, 4.69) is 10.6 Å². The molecular formula is C25H22ClN5O2S2. The Morgan fingerprint density at radius 1 is 1.20 bits per heavy atom. The molecule has 3 heterocycles. The van der Waals surface area contributed by atoms with Crippen molar-refractivity contribution in [3.8, 4) is 5.75 Å². The van der Waals surface area contributed by atoms with Gasteiger partial charge in [-0.15, -0.1) is 16.4 Å². The van der Waals surface area contributed by atoms with Gasteiger partial charge in [-0.2, -0.15) is 4.98 Å². The van der Waals surface area contributed by atoms with Crippen molar-refractivity contribution < 1.29 is 9.53 Å². The van der Waals surface area contributed by atoms with Gasteiger partial charge in [-0.3, -0.25) is 4.79 Å². The van der Waals surface area contributed by atoms with Crippen LogP contribution in [0.4, 0.5) is 11.6 Å². The van der Waals surface area contributed by atoms with E-state index < -0.39 is 6.04 Å². The van der Waals surface area contributed by atoms with Gasteiger partial charge < -0.3 is 15.4 Å². The monoisotopic (exact) mass is 523 g/mol. The van der Waals surface area contributed by atoms with Gasteiger partial charge in [0, 0.05) is 21.3 Å². The van der Waals surface area contributed by atoms with Crippen LogP contribution in [0.5, 0.6) is 5.75 Å². The highest BCUT2D eigenvalue weighted by Gasteiger charge is 2.35. The number of para-hydroxylation sites is 2. The second kappa shape index (κ2) is 10.2. The van der Waals surface area contributed by atoms with Crippen LogP contribution >= 0.6 is 34.7 Å². The lowest BCUT2D eigenvalue weighted by atomic mass is 10.0. The van der Waals surface area contributed by atoms with Crippen molar-refractivity contribution in [3.63, 3.8) is 0 Å². The fraction of sp³-hybridized carbons (Fsp3) is 0.160. The van der Waals surface area contributed by atoms with Crippen LogP contribution in [-0.2, 0) is 10.5 Å². The Bertz CT molecular complexity index is 1400. The van der Waals surface area contributed by atoms with Gasteiger partial charge in [0.15, 0.2) is 0 Å². The minimum atomic E-state index is -0.414. The molecule has 0 fully saturated rings. The second-order valence-electron chi connectivity index (χ2n) is 7.78. The van der Waals surface area contributed by atoms with Crippen LogP contribution < -0.4 is 15.4 Å². The highest BCUT2D eigenvalue weighted by atomic mass is 35.5. The maximum atomic E-state index is 13.6. The number of fused-ring (bicyclic) bond motifs is 1. The highest BCUT2D eigenvalue weighted by Crippen LogP contribution is 2.39. The van der Waals surface area contributed by atoms with Gasteiger partial charge in [0.05, 0.1) is 18.4 Å². The summed E-state index contributed by atoms with van der Waals surface area (Å²) in [6.45, 7) is 1.88. The Morgan fingerprint density at radius 3 is 2.77 bits per heavy atom. The summed E-state index contributed by atoms with van der Waals surface area (Å²) in [6, 6.07) is 18.6. The molecule has 4 aromatic rings. The number of nitrogens with zero attached hydrogens (tertiary/aromatic N) is 3. The Labute approximate surface area is 216 Å². The third-order valence-electron chi connectivity index (χ3n) is 5.56. The zero-order valence-electron chi connectivity index (χ0n) is 19.0. The van der Waals surface area contributed by atoms with Gasteiger partial charge in [-0.25, -0.2) is 4.68 Å². The van der Waals surface area contributed by atoms with E-state index in [4.69, 9.17) is 26.4 Å². The molecule has 0 radical (unpaired) electrons. The summed E-state index contributed by atoms with van der Waals surface area (Å²) in [6.07, 6.45) is 0. The highest BCUT2D eigenvalue weighted by molar-refractivity contribution is 7.98. The minimum Gasteiger partial charge on any atom is -0.495 e. The summed E-state index contributed by atoms with van der Waals surface area (Å²) in [5.74, 6) is 1.59. The average Bonchev–Trinajstić information content (AvgIpc) is 3.53. The molecule has 2 aromatic carbocycles. The molecule has 0 saturated heterocycles. The molecule has 0 unspecified atom stereocenters. The first kappa shape index (κ1) is 23.5. The molecule has 1 aliphatic heterocycles. The Morgan fingerprint density at radius 2 is 2.00 bits per heavy atom. The first-order valence-electron chi connectivity index (χ1n) is 10.8. The molecular weight excluding hydrogens is 502 g/mol. The maximum absolute atomic E-state index is 13.6. The number of halogens is 1. The number of nitrogens with one attached hydrogen (secondary N) is 2. The molecule has 178 valence electrons. The van der Waals surface area contributed by atoms with Crippen molar-refractivity contribution in [2.75, 3.05) is 17.7 Å².